The van der Waals surface area contributed by atoms with Gasteiger partial charge in [-0.3, -0.25) is 10.3 Å². The van der Waals surface area contributed by atoms with Crippen LogP contribution in [-0.2, 0) is 0 Å². The van der Waals surface area contributed by atoms with Crippen molar-refractivity contribution in [1.82, 2.24) is 4.98 Å². The molecule has 1 atom stereocenters. The van der Waals surface area contributed by atoms with Crippen molar-refractivity contribution in [3.8, 4) is 0 Å². The SMILES string of the molecule is CC1CN(C(=N)N)c2ncc3ccccc3c21. The van der Waals surface area contributed by atoms with E-state index in [2.05, 4.69) is 24.0 Å². The second-order valence-corrected chi connectivity index (χ2v) is 4.48. The Morgan fingerprint density at radius 2 is 2.24 bits per heavy atom. The van der Waals surface area contributed by atoms with Crippen LogP contribution < -0.4 is 10.6 Å². The molecule has 4 nitrogen and oxygen atoms in total. The normalized spacial score (nSPS) is 18.4. The molecule has 86 valence electrons. The van der Waals surface area contributed by atoms with Crippen LogP contribution in [0, 0.1) is 5.41 Å². The smallest absolute Gasteiger partial charge is 0.194 e. The highest BCUT2D eigenvalue weighted by Crippen LogP contribution is 2.38. The number of benzene rings is 1. The molecule has 4 heteroatoms. The number of anilines is 1. The van der Waals surface area contributed by atoms with E-state index in [9.17, 15) is 0 Å². The van der Waals surface area contributed by atoms with E-state index in [1.54, 1.807) is 4.90 Å². The molecule has 17 heavy (non-hydrogen) atoms. The Hall–Kier alpha value is -2.10. The van der Waals surface area contributed by atoms with Gasteiger partial charge in [0.15, 0.2) is 5.96 Å². The molecule has 1 aromatic carbocycles. The molecule has 0 saturated heterocycles. The van der Waals surface area contributed by atoms with Crippen molar-refractivity contribution in [2.45, 2.75) is 12.8 Å². The summed E-state index contributed by atoms with van der Waals surface area (Å²) in [6.45, 7) is 2.89. The first-order valence-electron chi connectivity index (χ1n) is 5.67. The summed E-state index contributed by atoms with van der Waals surface area (Å²) in [5.74, 6) is 1.26. The fourth-order valence-corrected chi connectivity index (χ4v) is 2.54. The molecule has 1 aliphatic heterocycles. The van der Waals surface area contributed by atoms with Gasteiger partial charge in [-0.05, 0) is 5.39 Å². The van der Waals surface area contributed by atoms with Crippen LogP contribution in [0.4, 0.5) is 5.82 Å². The van der Waals surface area contributed by atoms with Crippen LogP contribution in [0.3, 0.4) is 0 Å². The highest BCUT2D eigenvalue weighted by Gasteiger charge is 2.30. The Morgan fingerprint density at radius 3 is 3.00 bits per heavy atom. The fraction of sp³-hybridized carbons (Fsp3) is 0.231. The van der Waals surface area contributed by atoms with Crippen molar-refractivity contribution in [3.63, 3.8) is 0 Å². The van der Waals surface area contributed by atoms with Crippen LogP contribution in [-0.4, -0.2) is 17.5 Å². The monoisotopic (exact) mass is 226 g/mol. The summed E-state index contributed by atoms with van der Waals surface area (Å²) in [4.78, 5) is 6.22. The molecular formula is C13H14N4. The average molecular weight is 226 g/mol. The summed E-state index contributed by atoms with van der Waals surface area (Å²) in [7, 11) is 0. The number of fused-ring (bicyclic) bond motifs is 3. The lowest BCUT2D eigenvalue weighted by molar-refractivity contribution is 0.822. The Balaban J connectivity index is 2.30. The number of aromatic nitrogens is 1. The molecule has 1 unspecified atom stereocenters. The van der Waals surface area contributed by atoms with E-state index < -0.39 is 0 Å². The van der Waals surface area contributed by atoms with Gasteiger partial charge in [0.1, 0.15) is 5.82 Å². The highest BCUT2D eigenvalue weighted by molar-refractivity contribution is 5.99. The number of pyridine rings is 1. The molecule has 0 spiro atoms. The van der Waals surface area contributed by atoms with Crippen molar-refractivity contribution < 1.29 is 0 Å². The van der Waals surface area contributed by atoms with Gasteiger partial charge in [-0.2, -0.15) is 0 Å². The average Bonchev–Trinajstić information content (AvgIpc) is 2.67. The van der Waals surface area contributed by atoms with E-state index >= 15 is 0 Å². The van der Waals surface area contributed by atoms with Crippen LogP contribution in [0.2, 0.25) is 0 Å². The third-order valence-corrected chi connectivity index (χ3v) is 3.31. The summed E-state index contributed by atoms with van der Waals surface area (Å²) in [5, 5.41) is 9.94. The molecule has 0 saturated carbocycles. The van der Waals surface area contributed by atoms with Gasteiger partial charge in [0.2, 0.25) is 0 Å². The number of hydrogen-bond donors (Lipinski definition) is 2. The van der Waals surface area contributed by atoms with E-state index in [4.69, 9.17) is 11.1 Å². The maximum absolute atomic E-state index is 7.58. The van der Waals surface area contributed by atoms with Gasteiger partial charge in [-0.15, -0.1) is 0 Å². The van der Waals surface area contributed by atoms with Crippen LogP contribution >= 0.6 is 0 Å². The molecule has 1 aromatic heterocycles. The first-order valence-corrected chi connectivity index (χ1v) is 5.67. The van der Waals surface area contributed by atoms with Crippen molar-refractivity contribution >= 4 is 22.5 Å². The topological polar surface area (TPSA) is 66.0 Å². The van der Waals surface area contributed by atoms with Gasteiger partial charge in [0, 0.05) is 29.6 Å². The second kappa shape index (κ2) is 3.45. The standard InChI is InChI=1S/C13H14N4/c1-8-7-17(13(14)15)12-11(8)10-5-3-2-4-9(10)6-16-12/h2-6,8H,7H2,1H3,(H3,14,15). The molecule has 0 aliphatic carbocycles. The number of hydrogen-bond acceptors (Lipinski definition) is 2. The van der Waals surface area contributed by atoms with E-state index in [0.29, 0.717) is 5.92 Å². The van der Waals surface area contributed by atoms with Gasteiger partial charge in [-0.25, -0.2) is 4.98 Å². The number of nitrogens with two attached hydrogens (primary N) is 1. The molecule has 3 N–H and O–H groups in total. The largest absolute Gasteiger partial charge is 0.370 e. The van der Waals surface area contributed by atoms with E-state index in [-0.39, 0.29) is 5.96 Å². The van der Waals surface area contributed by atoms with Crippen LogP contribution in [0.15, 0.2) is 30.5 Å². The summed E-state index contributed by atoms with van der Waals surface area (Å²) >= 11 is 0. The third-order valence-electron chi connectivity index (χ3n) is 3.31. The van der Waals surface area contributed by atoms with E-state index in [0.717, 1.165) is 17.7 Å². The summed E-state index contributed by atoms with van der Waals surface area (Å²) in [6, 6.07) is 8.21. The van der Waals surface area contributed by atoms with Gasteiger partial charge in [0.05, 0.1) is 0 Å². The van der Waals surface area contributed by atoms with Crippen molar-refractivity contribution in [3.05, 3.63) is 36.0 Å². The Kier molecular flexibility index (Phi) is 2.04. The lowest BCUT2D eigenvalue weighted by atomic mass is 9.99. The molecule has 2 aromatic rings. The minimum absolute atomic E-state index is 0.0679. The van der Waals surface area contributed by atoms with Gasteiger partial charge >= 0.3 is 0 Å². The first-order chi connectivity index (χ1) is 8.18. The number of guanidine groups is 1. The predicted octanol–water partition coefficient (Wildman–Crippen LogP) is 2.05. The molecule has 0 radical (unpaired) electrons. The highest BCUT2D eigenvalue weighted by atomic mass is 15.3. The van der Waals surface area contributed by atoms with Crippen LogP contribution in [0.25, 0.3) is 10.8 Å². The molecule has 0 bridgehead atoms. The molecular weight excluding hydrogens is 212 g/mol. The summed E-state index contributed by atoms with van der Waals surface area (Å²) in [5.41, 5.74) is 6.79. The predicted molar refractivity (Wildman–Crippen MR) is 69.4 cm³/mol. The summed E-state index contributed by atoms with van der Waals surface area (Å²) in [6.07, 6.45) is 1.85. The maximum atomic E-state index is 7.58. The van der Waals surface area contributed by atoms with Crippen molar-refractivity contribution in [2.75, 3.05) is 11.4 Å². The van der Waals surface area contributed by atoms with E-state index in [1.165, 1.54) is 10.9 Å². The number of nitrogens with one attached hydrogen (secondary N) is 1. The van der Waals surface area contributed by atoms with Crippen LogP contribution in [0.1, 0.15) is 18.4 Å². The number of nitrogens with zero attached hydrogens (tertiary/aromatic N) is 2. The van der Waals surface area contributed by atoms with Gasteiger partial charge in [-0.1, -0.05) is 31.2 Å². The third kappa shape index (κ3) is 1.37. The molecule has 3 rings (SSSR count). The lowest BCUT2D eigenvalue weighted by Crippen LogP contribution is -2.35. The minimum atomic E-state index is 0.0679. The van der Waals surface area contributed by atoms with Gasteiger partial charge < -0.3 is 5.73 Å². The van der Waals surface area contributed by atoms with Gasteiger partial charge in [0.25, 0.3) is 0 Å². The van der Waals surface area contributed by atoms with Crippen LogP contribution in [0.5, 0.6) is 0 Å². The quantitative estimate of drug-likeness (QED) is 0.533. The summed E-state index contributed by atoms with van der Waals surface area (Å²) < 4.78 is 0. The van der Waals surface area contributed by atoms with Crippen molar-refractivity contribution in [2.24, 2.45) is 5.73 Å². The van der Waals surface area contributed by atoms with E-state index in [1.807, 2.05) is 18.3 Å². The molecule has 2 heterocycles. The Labute approximate surface area is 99.6 Å². The maximum Gasteiger partial charge on any atom is 0.194 e. The lowest BCUT2D eigenvalue weighted by Gasteiger charge is -2.15. The number of rotatable bonds is 0. The zero-order valence-electron chi connectivity index (χ0n) is 9.64. The van der Waals surface area contributed by atoms with Crippen molar-refractivity contribution in [1.29, 1.82) is 5.41 Å². The first kappa shape index (κ1) is 10.1. The zero-order chi connectivity index (χ0) is 12.0. The fourth-order valence-electron chi connectivity index (χ4n) is 2.54. The second-order valence-electron chi connectivity index (χ2n) is 4.48. The minimum Gasteiger partial charge on any atom is -0.370 e. The zero-order valence-corrected chi connectivity index (χ0v) is 9.64. The molecule has 0 amide bonds. The Bertz CT molecular complexity index is 605. The molecule has 0 fully saturated rings. The Morgan fingerprint density at radius 1 is 1.47 bits per heavy atom. The molecule has 1 aliphatic rings.